The van der Waals surface area contributed by atoms with E-state index in [2.05, 4.69) is 0 Å². The summed E-state index contributed by atoms with van der Waals surface area (Å²) in [5, 5.41) is 0. The van der Waals surface area contributed by atoms with Gasteiger partial charge in [0, 0.05) is 13.2 Å². The molecule has 1 heterocycles. The molecular formula is C18H18O5. The van der Waals surface area contributed by atoms with Crippen molar-refractivity contribution in [2.24, 2.45) is 0 Å². The van der Waals surface area contributed by atoms with Crippen molar-refractivity contribution in [1.82, 2.24) is 0 Å². The van der Waals surface area contributed by atoms with Crippen LogP contribution in [0.4, 0.5) is 0 Å². The number of carbonyl (C=O) groups excluding carboxylic acids is 1. The van der Waals surface area contributed by atoms with Gasteiger partial charge in [-0.1, -0.05) is 12.1 Å². The Balaban J connectivity index is 2.04. The molecule has 5 heteroatoms. The predicted molar refractivity (Wildman–Crippen MR) is 84.5 cm³/mol. The summed E-state index contributed by atoms with van der Waals surface area (Å²) >= 11 is 0. The fourth-order valence-corrected chi connectivity index (χ4v) is 2.71. The molecule has 0 amide bonds. The van der Waals surface area contributed by atoms with Crippen molar-refractivity contribution in [3.8, 4) is 17.2 Å². The Bertz CT molecular complexity index is 725. The molecule has 5 nitrogen and oxygen atoms in total. The van der Waals surface area contributed by atoms with Gasteiger partial charge in [-0.05, 0) is 29.8 Å². The molecule has 0 N–H and O–H groups in total. The van der Waals surface area contributed by atoms with Gasteiger partial charge in [0.25, 0.3) is 0 Å². The number of rotatable bonds is 4. The van der Waals surface area contributed by atoms with Gasteiger partial charge in [-0.2, -0.15) is 0 Å². The molecule has 0 bridgehead atoms. The van der Waals surface area contributed by atoms with E-state index in [-0.39, 0.29) is 5.78 Å². The number of fused-ring (bicyclic) bond motifs is 1. The standard InChI is InChI=1S/C18H18O5/c1-20-12-6-4-5-11(9-12)17-18(22-3)16(19)14-8-7-13(21-2)10-15(14)23-17/h4-10,17-18H,1-3H3/t17-,18+/m1/s1. The van der Waals surface area contributed by atoms with Gasteiger partial charge in [0.15, 0.2) is 18.0 Å². The molecule has 0 fully saturated rings. The molecule has 1 aliphatic heterocycles. The average Bonchev–Trinajstić information content (AvgIpc) is 2.61. The van der Waals surface area contributed by atoms with Gasteiger partial charge < -0.3 is 18.9 Å². The van der Waals surface area contributed by atoms with E-state index < -0.39 is 12.2 Å². The van der Waals surface area contributed by atoms with E-state index in [0.29, 0.717) is 22.8 Å². The van der Waals surface area contributed by atoms with Crippen molar-refractivity contribution in [3.63, 3.8) is 0 Å². The first-order chi connectivity index (χ1) is 11.2. The number of ketones is 1. The summed E-state index contributed by atoms with van der Waals surface area (Å²) in [6, 6.07) is 12.6. The Kier molecular flexibility index (Phi) is 4.21. The lowest BCUT2D eigenvalue weighted by atomic mass is 9.93. The van der Waals surface area contributed by atoms with Gasteiger partial charge in [-0.3, -0.25) is 4.79 Å². The van der Waals surface area contributed by atoms with Crippen LogP contribution in [0.3, 0.4) is 0 Å². The Labute approximate surface area is 134 Å². The van der Waals surface area contributed by atoms with Crippen molar-refractivity contribution < 1.29 is 23.7 Å². The SMILES string of the molecule is COc1cccc([C@H]2Oc3cc(OC)ccc3C(=O)[C@@H]2OC)c1. The van der Waals surface area contributed by atoms with Crippen molar-refractivity contribution in [3.05, 3.63) is 53.6 Å². The summed E-state index contributed by atoms with van der Waals surface area (Å²) in [6.07, 6.45) is -1.25. The van der Waals surface area contributed by atoms with E-state index in [1.807, 2.05) is 24.3 Å². The van der Waals surface area contributed by atoms with E-state index in [0.717, 1.165) is 5.56 Å². The first kappa shape index (κ1) is 15.4. The second-order valence-corrected chi connectivity index (χ2v) is 5.20. The minimum Gasteiger partial charge on any atom is -0.497 e. The third kappa shape index (κ3) is 2.75. The fraction of sp³-hybridized carbons (Fsp3) is 0.278. The number of benzene rings is 2. The molecule has 1 aliphatic rings. The fourth-order valence-electron chi connectivity index (χ4n) is 2.71. The molecule has 0 saturated heterocycles. The maximum absolute atomic E-state index is 12.7. The summed E-state index contributed by atoms with van der Waals surface area (Å²) in [4.78, 5) is 12.7. The van der Waals surface area contributed by atoms with Gasteiger partial charge in [0.05, 0.1) is 19.8 Å². The van der Waals surface area contributed by atoms with E-state index >= 15 is 0 Å². The van der Waals surface area contributed by atoms with Crippen LogP contribution in [-0.2, 0) is 4.74 Å². The Morgan fingerprint density at radius 2 is 1.70 bits per heavy atom. The quantitative estimate of drug-likeness (QED) is 0.868. The summed E-state index contributed by atoms with van der Waals surface area (Å²) in [5.41, 5.74) is 1.31. The van der Waals surface area contributed by atoms with Crippen LogP contribution in [-0.4, -0.2) is 33.2 Å². The topological polar surface area (TPSA) is 54.0 Å². The molecule has 0 radical (unpaired) electrons. The van der Waals surface area contributed by atoms with Crippen molar-refractivity contribution in [2.45, 2.75) is 12.2 Å². The maximum atomic E-state index is 12.7. The zero-order chi connectivity index (χ0) is 16.4. The molecule has 120 valence electrons. The molecule has 2 aromatic carbocycles. The summed E-state index contributed by atoms with van der Waals surface area (Å²) < 4.78 is 21.9. The summed E-state index contributed by atoms with van der Waals surface area (Å²) in [5.74, 6) is 1.72. The highest BCUT2D eigenvalue weighted by Crippen LogP contribution is 2.38. The van der Waals surface area contributed by atoms with E-state index in [4.69, 9.17) is 18.9 Å². The number of ether oxygens (including phenoxy) is 4. The lowest BCUT2D eigenvalue weighted by molar-refractivity contribution is -0.000746. The highest BCUT2D eigenvalue weighted by Gasteiger charge is 2.38. The van der Waals surface area contributed by atoms with Gasteiger partial charge in [0.1, 0.15) is 17.2 Å². The minimum absolute atomic E-state index is 0.107. The van der Waals surface area contributed by atoms with Crippen LogP contribution in [0.5, 0.6) is 17.2 Å². The first-order valence-electron chi connectivity index (χ1n) is 7.23. The third-order valence-corrected chi connectivity index (χ3v) is 3.92. The lowest BCUT2D eigenvalue weighted by Gasteiger charge is -2.32. The maximum Gasteiger partial charge on any atom is 0.199 e. The summed E-state index contributed by atoms with van der Waals surface area (Å²) in [7, 11) is 4.68. The predicted octanol–water partition coefficient (Wildman–Crippen LogP) is 3.04. The Morgan fingerprint density at radius 1 is 0.957 bits per heavy atom. The first-order valence-corrected chi connectivity index (χ1v) is 7.23. The zero-order valence-electron chi connectivity index (χ0n) is 13.2. The molecule has 0 aliphatic carbocycles. The molecule has 3 rings (SSSR count). The zero-order valence-corrected chi connectivity index (χ0v) is 13.2. The van der Waals surface area contributed by atoms with Gasteiger partial charge in [0.2, 0.25) is 0 Å². The summed E-state index contributed by atoms with van der Waals surface area (Å²) in [6.45, 7) is 0. The monoisotopic (exact) mass is 314 g/mol. The van der Waals surface area contributed by atoms with Crippen LogP contribution >= 0.6 is 0 Å². The highest BCUT2D eigenvalue weighted by atomic mass is 16.5. The minimum atomic E-state index is -0.706. The van der Waals surface area contributed by atoms with Crippen LogP contribution in [0.1, 0.15) is 22.0 Å². The van der Waals surface area contributed by atoms with E-state index in [9.17, 15) is 4.79 Å². The van der Waals surface area contributed by atoms with Crippen LogP contribution in [0, 0.1) is 0 Å². The number of hydrogen-bond acceptors (Lipinski definition) is 5. The molecule has 2 atom stereocenters. The number of methoxy groups -OCH3 is 3. The van der Waals surface area contributed by atoms with Crippen molar-refractivity contribution >= 4 is 5.78 Å². The Hall–Kier alpha value is -2.53. The normalized spacial score (nSPS) is 19.7. The van der Waals surface area contributed by atoms with Gasteiger partial charge in [-0.25, -0.2) is 0 Å². The third-order valence-electron chi connectivity index (χ3n) is 3.92. The second kappa shape index (κ2) is 6.30. The van der Waals surface area contributed by atoms with Gasteiger partial charge >= 0.3 is 0 Å². The highest BCUT2D eigenvalue weighted by molar-refractivity contribution is 6.03. The molecule has 23 heavy (non-hydrogen) atoms. The largest absolute Gasteiger partial charge is 0.497 e. The molecule has 0 aromatic heterocycles. The smallest absolute Gasteiger partial charge is 0.199 e. The van der Waals surface area contributed by atoms with Crippen LogP contribution in [0.25, 0.3) is 0 Å². The number of Topliss-reactive ketones (excluding diaryl/α,β-unsaturated/α-hetero) is 1. The van der Waals surface area contributed by atoms with Crippen LogP contribution in [0.15, 0.2) is 42.5 Å². The molecule has 2 aromatic rings. The van der Waals surface area contributed by atoms with Crippen molar-refractivity contribution in [1.29, 1.82) is 0 Å². The van der Waals surface area contributed by atoms with E-state index in [1.165, 1.54) is 7.11 Å². The van der Waals surface area contributed by atoms with Crippen LogP contribution < -0.4 is 14.2 Å². The number of carbonyl (C=O) groups is 1. The lowest BCUT2D eigenvalue weighted by Crippen LogP contribution is -2.37. The Morgan fingerprint density at radius 3 is 2.39 bits per heavy atom. The average molecular weight is 314 g/mol. The molecular weight excluding hydrogens is 296 g/mol. The van der Waals surface area contributed by atoms with Crippen LogP contribution in [0.2, 0.25) is 0 Å². The molecule has 0 spiro atoms. The number of hydrogen-bond donors (Lipinski definition) is 0. The van der Waals surface area contributed by atoms with E-state index in [1.54, 1.807) is 32.4 Å². The molecule has 0 unspecified atom stereocenters. The van der Waals surface area contributed by atoms with Gasteiger partial charge in [-0.15, -0.1) is 0 Å². The second-order valence-electron chi connectivity index (χ2n) is 5.20. The molecule has 0 saturated carbocycles. The van der Waals surface area contributed by atoms with Crippen molar-refractivity contribution in [2.75, 3.05) is 21.3 Å².